The number of fused-ring (bicyclic) bond motifs is 1. The molecule has 1 radical (unpaired) electrons. The average molecular weight is 488 g/mol. The monoisotopic (exact) mass is 488 g/mol. The zero-order valence-electron chi connectivity index (χ0n) is 12.2. The molecule has 0 amide bonds. The van der Waals surface area contributed by atoms with Crippen LogP contribution < -0.4 is 0 Å². The van der Waals surface area contributed by atoms with Crippen LogP contribution in [-0.4, -0.2) is 22.5 Å². The smallest absolute Gasteiger partial charge is 0 e. The molecule has 0 fully saturated rings. The van der Waals surface area contributed by atoms with E-state index in [1.54, 1.807) is 19.4 Å². The van der Waals surface area contributed by atoms with E-state index < -0.39 is 0 Å². The maximum atomic E-state index is 2.37. The third kappa shape index (κ3) is 2.90. The Morgan fingerprint density at radius 1 is 1.00 bits per heavy atom. The van der Waals surface area contributed by atoms with Crippen LogP contribution in [0, 0.1) is 41.5 Å². The van der Waals surface area contributed by atoms with E-state index in [2.05, 4.69) is 46.1 Å². The molecule has 1 aliphatic rings. The summed E-state index contributed by atoms with van der Waals surface area (Å²) in [7, 11) is 2.19. The minimum Gasteiger partial charge on any atom is -0.358 e. The summed E-state index contributed by atoms with van der Waals surface area (Å²) in [5.41, 5.74) is 8.81. The second-order valence-electron chi connectivity index (χ2n) is 4.68. The van der Waals surface area contributed by atoms with Crippen LogP contribution in [0.3, 0.4) is 0 Å². The van der Waals surface area contributed by atoms with Gasteiger partial charge in [-0.1, -0.05) is 0 Å². The van der Waals surface area contributed by atoms with Crippen LogP contribution in [0.5, 0.6) is 0 Å². The molecule has 1 aromatic rings. The summed E-state index contributed by atoms with van der Waals surface area (Å²) in [5, 5.41) is 0. The van der Waals surface area contributed by atoms with Crippen molar-refractivity contribution in [2.45, 2.75) is 27.7 Å². The molecule has 1 heterocycles. The molecule has 1 aromatic carbocycles. The van der Waals surface area contributed by atoms with E-state index in [1.807, 2.05) is 0 Å². The van der Waals surface area contributed by atoms with Crippen molar-refractivity contribution in [1.82, 2.24) is 4.90 Å². The van der Waals surface area contributed by atoms with Gasteiger partial charge in [0.15, 0.2) is 0 Å². The van der Waals surface area contributed by atoms with Gasteiger partial charge in [-0.05, 0) is 0 Å². The molecule has 0 atom stereocenters. The molecular formula is C15H21NWY-2. The summed E-state index contributed by atoms with van der Waals surface area (Å²) >= 11 is 1.57. The first-order valence-corrected chi connectivity index (χ1v) is 7.10. The molecule has 97 valence electrons. The Morgan fingerprint density at radius 3 is 2.06 bits per heavy atom. The molecule has 0 aromatic heterocycles. The number of hydrogen-bond donors (Lipinski definition) is 0. The number of rotatable bonds is 0. The summed E-state index contributed by atoms with van der Waals surface area (Å²) in [6.45, 7) is 10.1. The van der Waals surface area contributed by atoms with Gasteiger partial charge in [-0.25, -0.2) is 0 Å². The van der Waals surface area contributed by atoms with Crippen molar-refractivity contribution in [3.05, 3.63) is 47.2 Å². The van der Waals surface area contributed by atoms with E-state index in [4.69, 9.17) is 0 Å². The van der Waals surface area contributed by atoms with Gasteiger partial charge in [-0.3, -0.25) is 0 Å². The second kappa shape index (κ2) is 6.93. The van der Waals surface area contributed by atoms with Gasteiger partial charge in [-0.2, -0.15) is 0 Å². The molecule has 18 heavy (non-hydrogen) atoms. The molecular weight excluding hydrogens is 467 g/mol. The molecule has 0 saturated heterocycles. The Hall–Kier alpha value is 0.712. The number of nitrogens with zero attached hydrogens (tertiary/aromatic N) is 1. The molecule has 0 N–H and O–H groups in total. The normalized spacial score (nSPS) is 14.2. The maximum Gasteiger partial charge on any atom is 0 e. The van der Waals surface area contributed by atoms with Crippen molar-refractivity contribution in [2.75, 3.05) is 13.6 Å². The Kier molecular flexibility index (Phi) is 7.21. The molecule has 3 heteroatoms. The van der Waals surface area contributed by atoms with Crippen LogP contribution in [0.15, 0.2) is 0 Å². The third-order valence-electron chi connectivity index (χ3n) is 3.87. The Labute approximate surface area is 148 Å². The van der Waals surface area contributed by atoms with Crippen molar-refractivity contribution >= 4 is 4.02 Å². The summed E-state index contributed by atoms with van der Waals surface area (Å²) in [5.74, 6) is 0. The zero-order valence-corrected chi connectivity index (χ0v) is 18.0. The van der Waals surface area contributed by atoms with Crippen molar-refractivity contribution in [3.8, 4) is 0 Å². The van der Waals surface area contributed by atoms with Crippen LogP contribution in [0.2, 0.25) is 0 Å². The van der Waals surface area contributed by atoms with Crippen molar-refractivity contribution in [3.63, 3.8) is 0 Å². The number of likely N-dealkylation sites (N-methyl/N-ethyl adjacent to an activating group) is 1. The van der Waals surface area contributed by atoms with Gasteiger partial charge in [0, 0.05) is 32.7 Å². The van der Waals surface area contributed by atoms with Gasteiger partial charge in [0.05, 0.1) is 0 Å². The molecule has 0 spiro atoms. The number of benzene rings is 1. The quantitative estimate of drug-likeness (QED) is 0.509. The maximum absolute atomic E-state index is 2.37. The Morgan fingerprint density at radius 2 is 1.50 bits per heavy atom. The third-order valence-corrected chi connectivity index (χ3v) is 5.72. The van der Waals surface area contributed by atoms with E-state index in [1.165, 1.54) is 37.4 Å². The molecule has 1 nitrogen and oxygen atoms in total. The van der Waals surface area contributed by atoms with Crippen LogP contribution in [0.4, 0.5) is 0 Å². The topological polar surface area (TPSA) is 3.24 Å². The van der Waals surface area contributed by atoms with Crippen molar-refractivity contribution < 1.29 is 52.1 Å². The van der Waals surface area contributed by atoms with Gasteiger partial charge in [0.2, 0.25) is 0 Å². The molecule has 0 aliphatic carbocycles. The summed E-state index contributed by atoms with van der Waals surface area (Å²) in [6.07, 6.45) is 2.37. The van der Waals surface area contributed by atoms with Gasteiger partial charge in [-0.15, -0.1) is 0 Å². The van der Waals surface area contributed by atoms with Crippen molar-refractivity contribution in [1.29, 1.82) is 0 Å². The predicted octanol–water partition coefficient (Wildman–Crippen LogP) is 2.89. The summed E-state index contributed by atoms with van der Waals surface area (Å²) in [6, 6.07) is 0. The van der Waals surface area contributed by atoms with Crippen LogP contribution in [-0.2, 0) is 52.1 Å². The van der Waals surface area contributed by atoms with E-state index in [-0.39, 0.29) is 40.1 Å². The van der Waals surface area contributed by atoms with Crippen LogP contribution in [0.1, 0.15) is 33.4 Å². The summed E-state index contributed by atoms with van der Waals surface area (Å²) < 4.78 is 1.49. The zero-order chi connectivity index (χ0) is 12.0. The molecule has 1 aliphatic heterocycles. The second-order valence-corrected chi connectivity index (χ2v) is 6.07. The molecule has 0 saturated carbocycles. The fraction of sp³-hybridized carbons (Fsp3) is 0.400. The van der Waals surface area contributed by atoms with Crippen LogP contribution >= 0.6 is 0 Å². The van der Waals surface area contributed by atoms with Crippen molar-refractivity contribution in [2.24, 2.45) is 0 Å². The average Bonchev–Trinajstić information content (AvgIpc) is 2.27. The Bertz CT molecular complexity index is 480. The van der Waals surface area contributed by atoms with E-state index in [0.29, 0.717) is 0 Å². The minimum absolute atomic E-state index is 0. The Balaban J connectivity index is 0.00000144. The largest absolute Gasteiger partial charge is 0.358 e. The first-order chi connectivity index (χ1) is 7.45. The van der Waals surface area contributed by atoms with Gasteiger partial charge in [0.25, 0.3) is 0 Å². The van der Waals surface area contributed by atoms with E-state index in [0.717, 1.165) is 6.54 Å². The fourth-order valence-electron chi connectivity index (χ4n) is 2.37. The standard InChI is InChI=1S/C14H18N.CH3.W.Y/c1-9-10(2)12(4)14-8-15(5)7-6-13(14)11(9)3;;;/h6H,7H2,1-5H3;1H3;;/q2*-1;;. The van der Waals surface area contributed by atoms with Crippen LogP contribution in [0.25, 0.3) is 0 Å². The van der Waals surface area contributed by atoms with Gasteiger partial charge >= 0.3 is 109 Å². The first kappa shape index (κ1) is 18.7. The fourth-order valence-corrected chi connectivity index (χ4v) is 3.59. The predicted molar refractivity (Wildman–Crippen MR) is 71.9 cm³/mol. The van der Waals surface area contributed by atoms with E-state index >= 15 is 0 Å². The molecule has 2 rings (SSSR count). The van der Waals surface area contributed by atoms with Gasteiger partial charge < -0.3 is 7.43 Å². The first-order valence-electron chi connectivity index (χ1n) is 5.64. The molecule has 0 bridgehead atoms. The summed E-state index contributed by atoms with van der Waals surface area (Å²) in [4.78, 5) is 2.36. The van der Waals surface area contributed by atoms with Gasteiger partial charge in [0.1, 0.15) is 0 Å². The SMILES string of the molecule is Cc1c(C)c(C)c2c(c1C)[CH-]CN(C)[C]2=[W].[CH3-].[Y]. The molecule has 0 unspecified atom stereocenters. The minimum atomic E-state index is 0. The van der Waals surface area contributed by atoms with E-state index in [9.17, 15) is 0 Å². The number of hydrogen-bond acceptors (Lipinski definition) is 1.